The van der Waals surface area contributed by atoms with Gasteiger partial charge in [-0.25, -0.2) is 4.79 Å². The molecule has 1 rings (SSSR count). The Labute approximate surface area is 88.4 Å². The molecule has 5 nitrogen and oxygen atoms in total. The Morgan fingerprint density at radius 1 is 1.73 bits per heavy atom. The molecule has 0 aliphatic heterocycles. The van der Waals surface area contributed by atoms with Crippen molar-refractivity contribution in [3.63, 3.8) is 0 Å². The van der Waals surface area contributed by atoms with Crippen LogP contribution in [0.4, 0.5) is 14.5 Å². The predicted molar refractivity (Wildman–Crippen MR) is 49.0 cm³/mol. The summed E-state index contributed by atoms with van der Waals surface area (Å²) >= 11 is 4.67. The SMILES string of the molecule is Nc1cn(CCC(F)(F)Cl)nc1C(=O)O. The van der Waals surface area contributed by atoms with Crippen molar-refractivity contribution >= 4 is 23.3 Å². The van der Waals surface area contributed by atoms with Crippen LogP contribution in [0.2, 0.25) is 0 Å². The molecule has 0 aliphatic carbocycles. The van der Waals surface area contributed by atoms with Crippen LogP contribution >= 0.6 is 11.6 Å². The molecule has 0 bridgehead atoms. The molecule has 0 spiro atoms. The molecule has 84 valence electrons. The van der Waals surface area contributed by atoms with Crippen molar-refractivity contribution in [2.24, 2.45) is 0 Å². The van der Waals surface area contributed by atoms with Gasteiger partial charge in [0.1, 0.15) is 0 Å². The number of aromatic carboxylic acids is 1. The number of alkyl halides is 3. The van der Waals surface area contributed by atoms with E-state index in [0.717, 1.165) is 4.68 Å². The van der Waals surface area contributed by atoms with Gasteiger partial charge in [-0.1, -0.05) is 0 Å². The number of hydrogen-bond donors (Lipinski definition) is 2. The van der Waals surface area contributed by atoms with Gasteiger partial charge >= 0.3 is 11.4 Å². The number of halogens is 3. The number of aryl methyl sites for hydroxylation is 1. The Balaban J connectivity index is 2.72. The first-order valence-electron chi connectivity index (χ1n) is 3.92. The fourth-order valence-electron chi connectivity index (χ4n) is 0.959. The average molecular weight is 240 g/mol. The second-order valence-electron chi connectivity index (χ2n) is 2.87. The Kier molecular flexibility index (Phi) is 3.13. The lowest BCUT2D eigenvalue weighted by molar-refractivity contribution is 0.0689. The Morgan fingerprint density at radius 2 is 2.33 bits per heavy atom. The van der Waals surface area contributed by atoms with E-state index in [4.69, 9.17) is 10.8 Å². The summed E-state index contributed by atoms with van der Waals surface area (Å²) in [5.74, 6) is -1.30. The predicted octanol–water partition coefficient (Wildman–Crippen LogP) is 1.39. The zero-order valence-electron chi connectivity index (χ0n) is 7.45. The highest BCUT2D eigenvalue weighted by Crippen LogP contribution is 2.24. The molecule has 0 aromatic carbocycles. The van der Waals surface area contributed by atoms with Crippen LogP contribution in [0.15, 0.2) is 6.20 Å². The van der Waals surface area contributed by atoms with E-state index in [1.54, 1.807) is 0 Å². The van der Waals surface area contributed by atoms with Crippen LogP contribution in [0.3, 0.4) is 0 Å². The summed E-state index contributed by atoms with van der Waals surface area (Å²) in [6.45, 7) is -0.200. The average Bonchev–Trinajstić information content (AvgIpc) is 2.42. The molecule has 0 unspecified atom stereocenters. The normalized spacial score (nSPS) is 11.7. The fraction of sp³-hybridized carbons (Fsp3) is 0.429. The standard InChI is InChI=1S/C7H8ClF2N3O2/c8-7(9,10)1-2-13-3-4(11)5(12-13)6(14)15/h3H,1-2,11H2,(H,14,15). The molecule has 8 heteroatoms. The van der Waals surface area contributed by atoms with Gasteiger partial charge in [0.15, 0.2) is 5.69 Å². The molecule has 0 saturated heterocycles. The molecular formula is C7H8ClF2N3O2. The molecule has 0 atom stereocenters. The minimum absolute atomic E-state index is 0.0691. The molecular weight excluding hydrogens is 232 g/mol. The molecule has 1 heterocycles. The first-order valence-corrected chi connectivity index (χ1v) is 4.30. The monoisotopic (exact) mass is 239 g/mol. The number of carbonyl (C=O) groups is 1. The van der Waals surface area contributed by atoms with Crippen molar-refractivity contribution in [1.82, 2.24) is 9.78 Å². The van der Waals surface area contributed by atoms with E-state index in [0.29, 0.717) is 0 Å². The second-order valence-corrected chi connectivity index (χ2v) is 3.42. The third kappa shape index (κ3) is 3.35. The maximum atomic E-state index is 12.3. The summed E-state index contributed by atoms with van der Waals surface area (Å²) in [6, 6.07) is 0. The maximum Gasteiger partial charge on any atom is 0.358 e. The van der Waals surface area contributed by atoms with Gasteiger partial charge in [0.25, 0.3) is 0 Å². The van der Waals surface area contributed by atoms with Gasteiger partial charge in [-0.2, -0.15) is 13.9 Å². The number of nitrogens with zero attached hydrogens (tertiary/aromatic N) is 2. The lowest BCUT2D eigenvalue weighted by Crippen LogP contribution is -2.12. The van der Waals surface area contributed by atoms with E-state index in [-0.39, 0.29) is 17.9 Å². The zero-order chi connectivity index (χ0) is 11.6. The molecule has 15 heavy (non-hydrogen) atoms. The number of carboxylic acids is 1. The van der Waals surface area contributed by atoms with Crippen LogP contribution in [0.1, 0.15) is 16.9 Å². The topological polar surface area (TPSA) is 81.1 Å². The molecule has 3 N–H and O–H groups in total. The summed E-state index contributed by atoms with van der Waals surface area (Å²) in [4.78, 5) is 10.5. The van der Waals surface area contributed by atoms with E-state index >= 15 is 0 Å². The number of nitrogen functional groups attached to an aromatic ring is 1. The fourth-order valence-corrected chi connectivity index (χ4v) is 1.04. The molecule has 1 aromatic heterocycles. The Hall–Kier alpha value is -1.37. The van der Waals surface area contributed by atoms with Gasteiger partial charge in [-0.15, -0.1) is 0 Å². The molecule has 0 aliphatic rings. The van der Waals surface area contributed by atoms with Gasteiger partial charge in [0, 0.05) is 19.2 Å². The summed E-state index contributed by atoms with van der Waals surface area (Å²) < 4.78 is 25.5. The number of rotatable bonds is 4. The van der Waals surface area contributed by atoms with Gasteiger partial charge < -0.3 is 10.8 Å². The molecule has 0 radical (unpaired) electrons. The lowest BCUT2D eigenvalue weighted by Gasteiger charge is -2.06. The maximum absolute atomic E-state index is 12.3. The number of hydrogen-bond acceptors (Lipinski definition) is 3. The third-order valence-corrected chi connectivity index (χ3v) is 1.81. The van der Waals surface area contributed by atoms with E-state index in [1.807, 2.05) is 0 Å². The quantitative estimate of drug-likeness (QED) is 0.778. The summed E-state index contributed by atoms with van der Waals surface area (Å²) in [5.41, 5.74) is 4.87. The summed E-state index contributed by atoms with van der Waals surface area (Å²) in [6.07, 6.45) is 0.529. The van der Waals surface area contributed by atoms with Gasteiger partial charge in [-0.3, -0.25) is 4.68 Å². The van der Waals surface area contributed by atoms with Gasteiger partial charge in [0.2, 0.25) is 0 Å². The third-order valence-electron chi connectivity index (χ3n) is 1.62. The number of carboxylic acid groups (broad SMARTS) is 1. The smallest absolute Gasteiger partial charge is 0.358 e. The highest BCUT2D eigenvalue weighted by molar-refractivity contribution is 6.21. The highest BCUT2D eigenvalue weighted by atomic mass is 35.5. The van der Waals surface area contributed by atoms with Crippen molar-refractivity contribution < 1.29 is 18.7 Å². The van der Waals surface area contributed by atoms with Crippen molar-refractivity contribution in [3.8, 4) is 0 Å². The van der Waals surface area contributed by atoms with Crippen molar-refractivity contribution in [1.29, 1.82) is 0 Å². The van der Waals surface area contributed by atoms with Crippen LogP contribution < -0.4 is 5.73 Å². The number of nitrogens with two attached hydrogens (primary N) is 1. The van der Waals surface area contributed by atoms with Crippen LogP contribution in [0.5, 0.6) is 0 Å². The number of anilines is 1. The minimum Gasteiger partial charge on any atom is -0.476 e. The zero-order valence-corrected chi connectivity index (χ0v) is 8.21. The van der Waals surface area contributed by atoms with E-state index in [9.17, 15) is 13.6 Å². The van der Waals surface area contributed by atoms with Crippen LogP contribution in [0.25, 0.3) is 0 Å². The van der Waals surface area contributed by atoms with Crippen LogP contribution in [-0.2, 0) is 6.54 Å². The molecule has 0 saturated carbocycles. The minimum atomic E-state index is -3.33. The molecule has 0 fully saturated rings. The Morgan fingerprint density at radius 3 is 2.73 bits per heavy atom. The van der Waals surface area contributed by atoms with Gasteiger partial charge in [0.05, 0.1) is 5.69 Å². The van der Waals surface area contributed by atoms with Crippen LogP contribution in [0, 0.1) is 0 Å². The number of aromatic nitrogens is 2. The van der Waals surface area contributed by atoms with Gasteiger partial charge in [-0.05, 0) is 11.6 Å². The van der Waals surface area contributed by atoms with Crippen molar-refractivity contribution in [2.75, 3.05) is 5.73 Å². The lowest BCUT2D eigenvalue weighted by atomic mass is 10.4. The van der Waals surface area contributed by atoms with Crippen LogP contribution in [-0.4, -0.2) is 26.2 Å². The summed E-state index contributed by atoms with van der Waals surface area (Å²) in [5, 5.41) is 8.76. The van der Waals surface area contributed by atoms with Crippen molar-refractivity contribution in [2.45, 2.75) is 18.3 Å². The first-order chi connectivity index (χ1) is 6.79. The highest BCUT2D eigenvalue weighted by Gasteiger charge is 2.24. The van der Waals surface area contributed by atoms with E-state index in [1.165, 1.54) is 6.20 Å². The van der Waals surface area contributed by atoms with Crippen molar-refractivity contribution in [3.05, 3.63) is 11.9 Å². The molecule has 1 aromatic rings. The second kappa shape index (κ2) is 4.01. The summed E-state index contributed by atoms with van der Waals surface area (Å²) in [7, 11) is 0. The largest absolute Gasteiger partial charge is 0.476 e. The van der Waals surface area contributed by atoms with E-state index < -0.39 is 17.8 Å². The first kappa shape index (κ1) is 11.7. The Bertz CT molecular complexity index is 375. The van der Waals surface area contributed by atoms with E-state index in [2.05, 4.69) is 16.7 Å². The molecule has 0 amide bonds.